The minimum absolute atomic E-state index is 0.173. The highest BCUT2D eigenvalue weighted by Crippen LogP contribution is 2.64. The van der Waals surface area contributed by atoms with Gasteiger partial charge < -0.3 is 0 Å². The van der Waals surface area contributed by atoms with E-state index in [4.69, 9.17) is 5.10 Å². The number of rotatable bonds is 3. The zero-order chi connectivity index (χ0) is 26.0. The van der Waals surface area contributed by atoms with Crippen LogP contribution in [0.5, 0.6) is 0 Å². The van der Waals surface area contributed by atoms with Gasteiger partial charge >= 0.3 is 0 Å². The average Bonchev–Trinajstić information content (AvgIpc) is 3.40. The van der Waals surface area contributed by atoms with Gasteiger partial charge in [0.15, 0.2) is 17.3 Å². The van der Waals surface area contributed by atoms with Crippen LogP contribution in [0, 0.1) is 5.41 Å². The first kappa shape index (κ1) is 23.0. The molecule has 3 aliphatic rings. The summed E-state index contributed by atoms with van der Waals surface area (Å²) in [6, 6.07) is 29.7. The van der Waals surface area contributed by atoms with Gasteiger partial charge in [-0.2, -0.15) is 5.10 Å². The van der Waals surface area contributed by atoms with Crippen LogP contribution in [0.3, 0.4) is 0 Å². The van der Waals surface area contributed by atoms with Gasteiger partial charge in [-0.25, -0.2) is 0 Å². The van der Waals surface area contributed by atoms with Gasteiger partial charge in [0.25, 0.3) is 0 Å². The molecule has 1 fully saturated rings. The molecule has 1 aliphatic carbocycles. The molecule has 2 heterocycles. The van der Waals surface area contributed by atoms with Crippen LogP contribution in [-0.4, -0.2) is 34.6 Å². The molecule has 6 heteroatoms. The lowest BCUT2D eigenvalue weighted by Crippen LogP contribution is -2.43. The predicted molar refractivity (Wildman–Crippen MR) is 148 cm³/mol. The summed E-state index contributed by atoms with van der Waals surface area (Å²) in [5, 5.41) is 6.51. The van der Waals surface area contributed by atoms with E-state index in [1.54, 1.807) is 47.6 Å². The second kappa shape index (κ2) is 8.43. The van der Waals surface area contributed by atoms with Gasteiger partial charge in [0, 0.05) is 27.1 Å². The van der Waals surface area contributed by atoms with Gasteiger partial charge in [0.05, 0.1) is 12.3 Å². The van der Waals surface area contributed by atoms with Gasteiger partial charge in [0.2, 0.25) is 0 Å². The van der Waals surface area contributed by atoms with Crippen LogP contribution in [0.25, 0.3) is 0 Å². The zero-order valence-corrected chi connectivity index (χ0v) is 21.7. The molecule has 0 unspecified atom stereocenters. The summed E-state index contributed by atoms with van der Waals surface area (Å²) < 4.78 is 0.868. The Balaban J connectivity index is 1.56. The fraction of sp³-hybridized carbons (Fsp3) is 0.125. The van der Waals surface area contributed by atoms with Crippen molar-refractivity contribution in [2.45, 2.75) is 18.0 Å². The first-order chi connectivity index (χ1) is 18.5. The lowest BCUT2D eigenvalue weighted by atomic mass is 9.63. The molecule has 3 atom stereocenters. The Bertz CT molecular complexity index is 1630. The second-order valence-corrected chi connectivity index (χ2v) is 10.8. The number of carbonyl (C=O) groups excluding carboxylic acids is 3. The highest BCUT2D eigenvalue weighted by atomic mass is 79.9. The number of hydrogen-bond acceptors (Lipinski definition) is 5. The van der Waals surface area contributed by atoms with Gasteiger partial charge in [-0.05, 0) is 28.8 Å². The maximum Gasteiger partial charge on any atom is 0.187 e. The van der Waals surface area contributed by atoms with Crippen molar-refractivity contribution >= 4 is 39.5 Å². The highest BCUT2D eigenvalue weighted by Gasteiger charge is 2.72. The van der Waals surface area contributed by atoms with Crippen molar-refractivity contribution in [1.29, 1.82) is 0 Å². The van der Waals surface area contributed by atoms with E-state index in [-0.39, 0.29) is 17.3 Å². The molecular formula is C32H21BrN2O3. The molecule has 5 nitrogen and oxygen atoms in total. The van der Waals surface area contributed by atoms with E-state index in [0.717, 1.165) is 21.2 Å². The summed E-state index contributed by atoms with van der Waals surface area (Å²) in [5.74, 6) is -1.44. The van der Waals surface area contributed by atoms with Crippen LogP contribution in [0.2, 0.25) is 0 Å². The molecule has 0 N–H and O–H groups in total. The van der Waals surface area contributed by atoms with Crippen molar-refractivity contribution in [1.82, 2.24) is 5.01 Å². The first-order valence-corrected chi connectivity index (χ1v) is 13.3. The summed E-state index contributed by atoms with van der Waals surface area (Å²) in [6.45, 7) is 0. The third kappa shape index (κ3) is 2.98. The molecule has 38 heavy (non-hydrogen) atoms. The molecule has 1 saturated heterocycles. The quantitative estimate of drug-likeness (QED) is 0.219. The van der Waals surface area contributed by atoms with Crippen LogP contribution in [-0.2, 0) is 0 Å². The van der Waals surface area contributed by atoms with Crippen LogP contribution in [0.4, 0.5) is 0 Å². The molecule has 0 amide bonds. The van der Waals surface area contributed by atoms with E-state index >= 15 is 0 Å². The molecule has 4 aromatic rings. The number of nitrogens with zero attached hydrogens (tertiary/aromatic N) is 2. The monoisotopic (exact) mass is 560 g/mol. The highest BCUT2D eigenvalue weighted by molar-refractivity contribution is 9.10. The smallest absolute Gasteiger partial charge is 0.187 e. The second-order valence-electron chi connectivity index (χ2n) is 9.93. The summed E-state index contributed by atoms with van der Waals surface area (Å²) >= 11 is 3.50. The Morgan fingerprint density at radius 3 is 2.05 bits per heavy atom. The van der Waals surface area contributed by atoms with Gasteiger partial charge in [-0.3, -0.25) is 19.4 Å². The number of Topliss-reactive ketones (excluding diaryl/α,β-unsaturated/α-hetero) is 3. The lowest BCUT2D eigenvalue weighted by Gasteiger charge is -2.36. The number of hydrogen-bond donors (Lipinski definition) is 0. The van der Waals surface area contributed by atoms with Crippen molar-refractivity contribution in [2.24, 2.45) is 10.5 Å². The molecule has 0 radical (unpaired) electrons. The molecule has 2 aliphatic heterocycles. The fourth-order valence-corrected chi connectivity index (χ4v) is 6.86. The number of hydrazone groups is 1. The summed E-state index contributed by atoms with van der Waals surface area (Å²) in [6.07, 6.45) is 1.73. The van der Waals surface area contributed by atoms with E-state index in [2.05, 4.69) is 15.9 Å². The average molecular weight is 561 g/mol. The number of carbonyl (C=O) groups is 3. The Morgan fingerprint density at radius 2 is 1.37 bits per heavy atom. The molecular weight excluding hydrogens is 540 g/mol. The van der Waals surface area contributed by atoms with E-state index in [0.29, 0.717) is 16.7 Å². The SMILES string of the molecule is O=C(c1ccccc1)[C@@H]1[C@@H](c2ccc(Br)cc2)C2(C(=O)c3ccccc3C2=O)[C@H]2c3ccccc3C=NN12. The molecule has 184 valence electrons. The number of benzene rings is 4. The van der Waals surface area contributed by atoms with Crippen molar-refractivity contribution < 1.29 is 14.4 Å². The van der Waals surface area contributed by atoms with Gasteiger partial charge in [0.1, 0.15) is 11.5 Å². The molecule has 4 aromatic carbocycles. The van der Waals surface area contributed by atoms with Gasteiger partial charge in [-0.1, -0.05) is 107 Å². The first-order valence-electron chi connectivity index (χ1n) is 12.5. The number of halogens is 1. The fourth-order valence-electron chi connectivity index (χ4n) is 6.59. The number of ketones is 3. The maximum absolute atomic E-state index is 14.6. The zero-order valence-electron chi connectivity index (χ0n) is 20.1. The largest absolute Gasteiger partial charge is 0.293 e. The summed E-state index contributed by atoms with van der Waals surface area (Å²) in [7, 11) is 0. The predicted octanol–water partition coefficient (Wildman–Crippen LogP) is 6.25. The van der Waals surface area contributed by atoms with Crippen molar-refractivity contribution in [3.8, 4) is 0 Å². The van der Waals surface area contributed by atoms with Crippen molar-refractivity contribution in [3.63, 3.8) is 0 Å². The third-order valence-corrected chi connectivity index (χ3v) is 8.66. The van der Waals surface area contributed by atoms with Gasteiger partial charge in [-0.15, -0.1) is 0 Å². The van der Waals surface area contributed by atoms with E-state index < -0.39 is 23.4 Å². The molecule has 0 bridgehead atoms. The normalized spacial score (nSPS) is 22.3. The van der Waals surface area contributed by atoms with Crippen LogP contribution < -0.4 is 0 Å². The van der Waals surface area contributed by atoms with E-state index in [1.807, 2.05) is 66.7 Å². The maximum atomic E-state index is 14.6. The molecule has 1 spiro atoms. The Labute approximate surface area is 227 Å². The Kier molecular flexibility index (Phi) is 5.10. The molecule has 7 rings (SSSR count). The summed E-state index contributed by atoms with van der Waals surface area (Å²) in [5.41, 5.74) is 2.17. The Hall–Kier alpha value is -4.16. The van der Waals surface area contributed by atoms with E-state index in [9.17, 15) is 14.4 Å². The van der Waals surface area contributed by atoms with Crippen LogP contribution >= 0.6 is 15.9 Å². The van der Waals surface area contributed by atoms with Crippen molar-refractivity contribution in [3.05, 3.63) is 141 Å². The third-order valence-electron chi connectivity index (χ3n) is 8.13. The summed E-state index contributed by atoms with van der Waals surface area (Å²) in [4.78, 5) is 43.6. The van der Waals surface area contributed by atoms with Crippen molar-refractivity contribution in [2.75, 3.05) is 0 Å². The Morgan fingerprint density at radius 1 is 0.763 bits per heavy atom. The van der Waals surface area contributed by atoms with Crippen LogP contribution in [0.15, 0.2) is 113 Å². The topological polar surface area (TPSA) is 66.8 Å². The molecule has 0 saturated carbocycles. The minimum atomic E-state index is -1.56. The van der Waals surface area contributed by atoms with Crippen LogP contribution in [0.1, 0.15) is 59.7 Å². The number of fused-ring (bicyclic) bond motifs is 5. The standard InChI is InChI=1S/C32H21BrN2O3/c33-22-16-14-19(15-17-22)26-27(28(36)20-8-2-1-3-9-20)35-29(23-11-5-4-10-21(23)18-34-35)32(26)30(37)24-12-6-7-13-25(24)31(32)38/h1-18,26-27,29H/t26-,27+,29-/m1/s1. The lowest BCUT2D eigenvalue weighted by molar-refractivity contribution is 0.0586. The molecule has 0 aromatic heterocycles. The minimum Gasteiger partial charge on any atom is -0.293 e. The van der Waals surface area contributed by atoms with E-state index in [1.165, 1.54) is 0 Å².